The summed E-state index contributed by atoms with van der Waals surface area (Å²) in [5.74, 6) is 0.111. The van der Waals surface area contributed by atoms with Crippen molar-refractivity contribution >= 4 is 18.4 Å². The van der Waals surface area contributed by atoms with E-state index in [4.69, 9.17) is 10.5 Å². The van der Waals surface area contributed by atoms with E-state index in [1.165, 1.54) is 14.2 Å². The highest BCUT2D eigenvalue weighted by molar-refractivity contribution is 5.85. The zero-order valence-corrected chi connectivity index (χ0v) is 9.41. The molecule has 0 saturated carbocycles. The molecule has 0 amide bonds. The quantitative estimate of drug-likeness (QED) is 0.797. The minimum absolute atomic E-state index is 0. The van der Waals surface area contributed by atoms with Crippen LogP contribution < -0.4 is 10.5 Å². The number of rotatable bonds is 3. The van der Waals surface area contributed by atoms with Crippen LogP contribution in [-0.2, 0) is 9.53 Å². The number of carbonyl (C=O) groups excluding carboxylic acids is 1. The maximum atomic E-state index is 11.2. The molecule has 1 rings (SSSR count). The molecule has 1 unspecified atom stereocenters. The van der Waals surface area contributed by atoms with Crippen LogP contribution in [0.2, 0.25) is 0 Å². The summed E-state index contributed by atoms with van der Waals surface area (Å²) in [6.45, 7) is 0. The second-order valence-electron chi connectivity index (χ2n) is 2.74. The van der Waals surface area contributed by atoms with Crippen LogP contribution in [0.3, 0.4) is 0 Å². The second-order valence-corrected chi connectivity index (χ2v) is 2.74. The minimum atomic E-state index is -0.795. The van der Waals surface area contributed by atoms with Crippen LogP contribution in [-0.4, -0.2) is 20.2 Å². The number of carbonyl (C=O) groups is 1. The lowest BCUT2D eigenvalue weighted by molar-refractivity contribution is -0.142. The van der Waals surface area contributed by atoms with Crippen LogP contribution in [0.25, 0.3) is 0 Å². The van der Waals surface area contributed by atoms with E-state index < -0.39 is 12.0 Å². The summed E-state index contributed by atoms with van der Waals surface area (Å²) in [5.41, 5.74) is 6.30. The van der Waals surface area contributed by atoms with Crippen LogP contribution in [0.15, 0.2) is 24.3 Å². The molecule has 84 valence electrons. The van der Waals surface area contributed by atoms with Gasteiger partial charge in [-0.3, -0.25) is 4.79 Å². The minimum Gasteiger partial charge on any atom is -0.496 e. The number of methoxy groups -OCH3 is 2. The molecule has 1 atom stereocenters. The van der Waals surface area contributed by atoms with Gasteiger partial charge in [0.2, 0.25) is 0 Å². The summed E-state index contributed by atoms with van der Waals surface area (Å²) in [4.78, 5) is 11.2. The van der Waals surface area contributed by atoms with Crippen molar-refractivity contribution in [3.05, 3.63) is 29.8 Å². The predicted octanol–water partition coefficient (Wildman–Crippen LogP) is 1.29. The van der Waals surface area contributed by atoms with Gasteiger partial charge in [-0.25, -0.2) is 0 Å². The van der Waals surface area contributed by atoms with Gasteiger partial charge in [-0.05, 0) is 6.07 Å². The number of benzene rings is 1. The standard InChI is InChI=1S/C10H13NO3.ClH/c1-13-8-6-4-3-5-7(8)9(11)10(12)14-2;/h3-6,9H,11H2,1-2H3;1H. The molecule has 0 fully saturated rings. The fourth-order valence-corrected chi connectivity index (χ4v) is 1.18. The highest BCUT2D eigenvalue weighted by atomic mass is 35.5. The van der Waals surface area contributed by atoms with Gasteiger partial charge in [0.1, 0.15) is 11.8 Å². The first-order chi connectivity index (χ1) is 6.70. The molecule has 1 aromatic carbocycles. The fraction of sp³-hybridized carbons (Fsp3) is 0.300. The second kappa shape index (κ2) is 6.27. The molecular formula is C10H14ClNO3. The number of nitrogens with two attached hydrogens (primary N) is 1. The van der Waals surface area contributed by atoms with Gasteiger partial charge in [-0.15, -0.1) is 12.4 Å². The SMILES string of the molecule is COC(=O)C(N)c1ccccc1OC.Cl. The zero-order valence-electron chi connectivity index (χ0n) is 8.60. The van der Waals surface area contributed by atoms with Gasteiger partial charge in [0.15, 0.2) is 0 Å². The van der Waals surface area contributed by atoms with Gasteiger partial charge < -0.3 is 15.2 Å². The van der Waals surface area contributed by atoms with Crippen LogP contribution in [0.5, 0.6) is 5.75 Å². The molecule has 0 heterocycles. The normalized spacial score (nSPS) is 11.1. The maximum Gasteiger partial charge on any atom is 0.327 e. The maximum absolute atomic E-state index is 11.2. The molecule has 0 bridgehead atoms. The van der Waals surface area contributed by atoms with Gasteiger partial charge >= 0.3 is 5.97 Å². The Hall–Kier alpha value is -1.26. The van der Waals surface area contributed by atoms with Gasteiger partial charge in [-0.2, -0.15) is 0 Å². The number of esters is 1. The Morgan fingerprint density at radius 2 is 1.93 bits per heavy atom. The largest absolute Gasteiger partial charge is 0.496 e. The predicted molar refractivity (Wildman–Crippen MR) is 59.2 cm³/mol. The number of hydrogen-bond donors (Lipinski definition) is 1. The van der Waals surface area contributed by atoms with E-state index in [9.17, 15) is 4.79 Å². The van der Waals surface area contributed by atoms with Crippen molar-refractivity contribution in [1.82, 2.24) is 0 Å². The molecule has 2 N–H and O–H groups in total. The Bertz CT molecular complexity index is 330. The third kappa shape index (κ3) is 3.11. The number of halogens is 1. The summed E-state index contributed by atoms with van der Waals surface area (Å²) >= 11 is 0. The zero-order chi connectivity index (χ0) is 10.6. The third-order valence-corrected chi connectivity index (χ3v) is 1.93. The fourth-order valence-electron chi connectivity index (χ4n) is 1.18. The lowest BCUT2D eigenvalue weighted by atomic mass is 10.1. The topological polar surface area (TPSA) is 61.5 Å². The Kier molecular flexibility index (Phi) is 5.74. The van der Waals surface area contributed by atoms with Crippen LogP contribution in [0.1, 0.15) is 11.6 Å². The van der Waals surface area contributed by atoms with Crippen LogP contribution >= 0.6 is 12.4 Å². The highest BCUT2D eigenvalue weighted by Crippen LogP contribution is 2.23. The molecule has 5 heteroatoms. The van der Waals surface area contributed by atoms with E-state index in [0.717, 1.165) is 0 Å². The average Bonchev–Trinajstić information content (AvgIpc) is 2.26. The number of hydrogen-bond acceptors (Lipinski definition) is 4. The summed E-state index contributed by atoms with van der Waals surface area (Å²) in [5, 5.41) is 0. The molecular weight excluding hydrogens is 218 g/mol. The van der Waals surface area contributed by atoms with Crippen molar-refractivity contribution in [2.45, 2.75) is 6.04 Å². The third-order valence-electron chi connectivity index (χ3n) is 1.93. The van der Waals surface area contributed by atoms with E-state index in [1.807, 2.05) is 6.07 Å². The van der Waals surface area contributed by atoms with Crippen molar-refractivity contribution in [2.24, 2.45) is 5.73 Å². The van der Waals surface area contributed by atoms with Gasteiger partial charge in [0.05, 0.1) is 14.2 Å². The monoisotopic (exact) mass is 231 g/mol. The van der Waals surface area contributed by atoms with Crippen molar-refractivity contribution in [2.75, 3.05) is 14.2 Å². The van der Waals surface area contributed by atoms with Gasteiger partial charge in [0, 0.05) is 5.56 Å². The van der Waals surface area contributed by atoms with Crippen molar-refractivity contribution < 1.29 is 14.3 Å². The van der Waals surface area contributed by atoms with Gasteiger partial charge in [-0.1, -0.05) is 18.2 Å². The van der Waals surface area contributed by atoms with Crippen molar-refractivity contribution in [3.8, 4) is 5.75 Å². The molecule has 0 saturated heterocycles. The Balaban J connectivity index is 0.00000196. The molecule has 0 aliphatic heterocycles. The summed E-state index contributed by atoms with van der Waals surface area (Å²) in [6.07, 6.45) is 0. The van der Waals surface area contributed by atoms with Crippen molar-refractivity contribution in [1.29, 1.82) is 0 Å². The van der Waals surface area contributed by atoms with Crippen molar-refractivity contribution in [3.63, 3.8) is 0 Å². The van der Waals surface area contributed by atoms with E-state index in [1.54, 1.807) is 18.2 Å². The lowest BCUT2D eigenvalue weighted by Crippen LogP contribution is -2.23. The molecule has 0 spiro atoms. The number of para-hydroxylation sites is 1. The molecule has 0 aromatic heterocycles. The summed E-state index contributed by atoms with van der Waals surface area (Å²) in [6, 6.07) is 6.29. The first-order valence-corrected chi connectivity index (χ1v) is 4.17. The molecule has 0 aliphatic carbocycles. The highest BCUT2D eigenvalue weighted by Gasteiger charge is 2.19. The van der Waals surface area contributed by atoms with Gasteiger partial charge in [0.25, 0.3) is 0 Å². The van der Waals surface area contributed by atoms with E-state index in [0.29, 0.717) is 11.3 Å². The molecule has 15 heavy (non-hydrogen) atoms. The smallest absolute Gasteiger partial charge is 0.327 e. The lowest BCUT2D eigenvalue weighted by Gasteiger charge is -2.12. The van der Waals surface area contributed by atoms with E-state index in [2.05, 4.69) is 4.74 Å². The Labute approximate surface area is 94.8 Å². The van der Waals surface area contributed by atoms with Crippen LogP contribution in [0, 0.1) is 0 Å². The van der Waals surface area contributed by atoms with E-state index in [-0.39, 0.29) is 12.4 Å². The first-order valence-electron chi connectivity index (χ1n) is 4.17. The Morgan fingerprint density at radius 3 is 2.47 bits per heavy atom. The average molecular weight is 232 g/mol. The van der Waals surface area contributed by atoms with E-state index >= 15 is 0 Å². The molecule has 0 aliphatic rings. The molecule has 0 radical (unpaired) electrons. The molecule has 1 aromatic rings. The van der Waals surface area contributed by atoms with Crippen LogP contribution in [0.4, 0.5) is 0 Å². The summed E-state index contributed by atoms with van der Waals surface area (Å²) < 4.78 is 9.62. The summed E-state index contributed by atoms with van der Waals surface area (Å²) in [7, 11) is 2.83. The molecule has 4 nitrogen and oxygen atoms in total. The Morgan fingerprint density at radius 1 is 1.33 bits per heavy atom. The number of ether oxygens (including phenoxy) is 2. The first kappa shape index (κ1) is 13.7.